The topological polar surface area (TPSA) is 123 Å². The Hall–Kier alpha value is -3.51. The van der Waals surface area contributed by atoms with E-state index in [-0.39, 0.29) is 33.2 Å². The molecule has 2 amide bonds. The highest BCUT2D eigenvalue weighted by Crippen LogP contribution is 2.68. The zero-order valence-corrected chi connectivity index (χ0v) is 31.9. The number of pyridine rings is 1. The third-order valence-electron chi connectivity index (χ3n) is 9.96. The summed E-state index contributed by atoms with van der Waals surface area (Å²) in [5.41, 5.74) is -0.106. The van der Waals surface area contributed by atoms with E-state index in [4.69, 9.17) is 21.1 Å². The molecule has 11 nitrogen and oxygen atoms in total. The van der Waals surface area contributed by atoms with Gasteiger partial charge in [0.15, 0.2) is 5.82 Å². The smallest absolute Gasteiger partial charge is 0.410 e. The van der Waals surface area contributed by atoms with Gasteiger partial charge < -0.3 is 19.7 Å². The first-order valence-corrected chi connectivity index (χ1v) is 17.9. The molecule has 1 saturated carbocycles. The first-order valence-electron chi connectivity index (χ1n) is 16.7. The molecule has 2 aromatic heterocycles. The van der Waals surface area contributed by atoms with Crippen molar-refractivity contribution in [2.24, 2.45) is 27.7 Å². The molecular formula is C36H52ClN7O4S. The molecule has 1 aliphatic heterocycles. The Morgan fingerprint density at radius 1 is 1.16 bits per heavy atom. The van der Waals surface area contributed by atoms with Gasteiger partial charge in [0.1, 0.15) is 21.6 Å². The van der Waals surface area contributed by atoms with E-state index in [1.807, 2.05) is 25.7 Å². The zero-order chi connectivity index (χ0) is 36.4. The lowest BCUT2D eigenvalue weighted by Crippen LogP contribution is -2.45. The van der Waals surface area contributed by atoms with E-state index in [9.17, 15) is 9.59 Å². The maximum atomic E-state index is 12.9. The fourth-order valence-corrected chi connectivity index (χ4v) is 7.21. The van der Waals surface area contributed by atoms with Crippen molar-refractivity contribution in [3.8, 4) is 11.7 Å². The Morgan fingerprint density at radius 2 is 1.86 bits per heavy atom. The summed E-state index contributed by atoms with van der Waals surface area (Å²) in [6, 6.07) is 5.05. The van der Waals surface area contributed by atoms with Gasteiger partial charge in [0, 0.05) is 48.8 Å². The van der Waals surface area contributed by atoms with Gasteiger partial charge in [-0.05, 0) is 88.8 Å². The summed E-state index contributed by atoms with van der Waals surface area (Å²) in [7, 11) is 0. The second kappa shape index (κ2) is 14.8. The zero-order valence-electron chi connectivity index (χ0n) is 30.4. The lowest BCUT2D eigenvalue weighted by molar-refractivity contribution is 0.0130. The molecule has 1 unspecified atom stereocenters. The first-order chi connectivity index (χ1) is 22.7. The normalized spacial score (nSPS) is 19.7. The molecule has 0 radical (unpaired) electrons. The largest absolute Gasteiger partial charge is 0.476 e. The van der Waals surface area contributed by atoms with Gasteiger partial charge in [0.25, 0.3) is 5.91 Å². The minimum Gasteiger partial charge on any atom is -0.476 e. The minimum absolute atomic E-state index is 0.0399. The maximum absolute atomic E-state index is 12.9. The molecule has 2 fully saturated rings. The van der Waals surface area contributed by atoms with Crippen molar-refractivity contribution in [3.05, 3.63) is 60.2 Å². The number of nitrogens with zero attached hydrogens (tertiary/aromatic N) is 5. The van der Waals surface area contributed by atoms with Crippen LogP contribution in [0.3, 0.4) is 0 Å². The van der Waals surface area contributed by atoms with Crippen LogP contribution in [-0.2, 0) is 4.74 Å². The highest BCUT2D eigenvalue weighted by atomic mass is 35.5. The van der Waals surface area contributed by atoms with Crippen molar-refractivity contribution < 1.29 is 19.1 Å². The second-order valence-corrected chi connectivity index (χ2v) is 16.8. The number of nitrogens with one attached hydrogen (secondary N) is 2. The molecule has 2 aliphatic rings. The fraction of sp³-hybridized carbons (Fsp3) is 0.583. The van der Waals surface area contributed by atoms with Crippen LogP contribution in [0.2, 0.25) is 5.15 Å². The maximum Gasteiger partial charge on any atom is 0.410 e. The standard InChI is InChI=1S/C36H52ClN7O4S/c1-12-29(39-23(2)38-18-13-14-24-20-34(6,7)43(21-24)32(46)48-33(3,4)5)49-42-31(45)25-15-16-27(40-30(25)37)44-19-17-28(41-44)47-22-26-35(8,9)36(26,10)11/h12,15-17,19,24,26,38H,1-2,13-14,18,20-22H2,3-11H3,(H,42,45)/b39-29+. The van der Waals surface area contributed by atoms with Gasteiger partial charge in [0.05, 0.1) is 12.2 Å². The molecule has 268 valence electrons. The summed E-state index contributed by atoms with van der Waals surface area (Å²) < 4.78 is 15.9. The molecule has 4 rings (SSSR count). The Kier molecular flexibility index (Phi) is 11.5. The number of rotatable bonds is 12. The molecule has 1 aliphatic carbocycles. The molecule has 0 spiro atoms. The minimum atomic E-state index is -0.523. The lowest BCUT2D eigenvalue weighted by atomic mass is 9.93. The number of aliphatic imine (C=N–C) groups is 1. The number of ether oxygens (including phenoxy) is 2. The number of hydrogen-bond acceptors (Lipinski definition) is 9. The molecule has 1 atom stereocenters. The summed E-state index contributed by atoms with van der Waals surface area (Å²) >= 11 is 7.42. The van der Waals surface area contributed by atoms with Crippen LogP contribution >= 0.6 is 23.5 Å². The van der Waals surface area contributed by atoms with E-state index in [1.54, 1.807) is 29.1 Å². The van der Waals surface area contributed by atoms with Gasteiger partial charge in [-0.1, -0.05) is 52.5 Å². The van der Waals surface area contributed by atoms with Crippen molar-refractivity contribution in [1.29, 1.82) is 0 Å². The predicted octanol–water partition coefficient (Wildman–Crippen LogP) is 7.82. The summed E-state index contributed by atoms with van der Waals surface area (Å²) in [4.78, 5) is 36.3. The van der Waals surface area contributed by atoms with Crippen LogP contribution in [-0.4, -0.2) is 67.5 Å². The summed E-state index contributed by atoms with van der Waals surface area (Å²) in [5, 5.41) is 8.19. The molecule has 49 heavy (non-hydrogen) atoms. The van der Waals surface area contributed by atoms with Crippen molar-refractivity contribution >= 4 is 40.6 Å². The van der Waals surface area contributed by atoms with Gasteiger partial charge >= 0.3 is 6.09 Å². The molecule has 13 heteroatoms. The molecule has 0 bridgehead atoms. The quantitative estimate of drug-likeness (QED) is 0.0751. The molecular weight excluding hydrogens is 662 g/mol. The number of carbonyl (C=O) groups is 2. The van der Waals surface area contributed by atoms with Crippen LogP contribution in [0.4, 0.5) is 4.79 Å². The fourth-order valence-electron chi connectivity index (χ4n) is 6.43. The van der Waals surface area contributed by atoms with Crippen LogP contribution in [0.25, 0.3) is 5.82 Å². The predicted molar refractivity (Wildman–Crippen MR) is 197 cm³/mol. The second-order valence-electron chi connectivity index (χ2n) is 15.6. The van der Waals surface area contributed by atoms with Gasteiger partial charge in [-0.2, -0.15) is 0 Å². The monoisotopic (exact) mass is 713 g/mol. The molecule has 1 saturated heterocycles. The van der Waals surface area contributed by atoms with E-state index in [2.05, 4.69) is 79.8 Å². The first kappa shape index (κ1) is 38.3. The van der Waals surface area contributed by atoms with E-state index < -0.39 is 11.5 Å². The number of aromatic nitrogens is 3. The van der Waals surface area contributed by atoms with Crippen molar-refractivity contribution in [2.75, 3.05) is 19.7 Å². The Labute approximate surface area is 300 Å². The average molecular weight is 714 g/mol. The number of amides is 2. The lowest BCUT2D eigenvalue weighted by Gasteiger charge is -2.33. The number of likely N-dealkylation sites (tertiary alicyclic amines) is 1. The number of carbonyl (C=O) groups excluding carboxylic acids is 2. The van der Waals surface area contributed by atoms with Gasteiger partial charge in [0.2, 0.25) is 5.88 Å². The van der Waals surface area contributed by atoms with E-state index in [0.29, 0.717) is 54.1 Å². The van der Waals surface area contributed by atoms with Gasteiger partial charge in [-0.25, -0.2) is 19.5 Å². The summed E-state index contributed by atoms with van der Waals surface area (Å²) in [6.07, 6.45) is 5.78. The summed E-state index contributed by atoms with van der Waals surface area (Å²) in [6.45, 7) is 28.6. The highest BCUT2D eigenvalue weighted by molar-refractivity contribution is 8.13. The average Bonchev–Trinajstić information content (AvgIpc) is 3.39. The molecule has 0 aromatic carbocycles. The van der Waals surface area contributed by atoms with Crippen LogP contribution < -0.4 is 14.8 Å². The van der Waals surface area contributed by atoms with Crippen LogP contribution in [0.1, 0.15) is 91.9 Å². The van der Waals surface area contributed by atoms with Crippen LogP contribution in [0.15, 0.2) is 54.4 Å². The van der Waals surface area contributed by atoms with Crippen molar-refractivity contribution in [3.63, 3.8) is 0 Å². The SMILES string of the molecule is C=C/C(=N\C(=C)NCCCC1CN(C(=O)OC(C)(C)C)C(C)(C)C1)SNC(=O)c1ccc(-n2ccc(OCC3C(C)(C)C3(C)C)n2)nc1Cl. The van der Waals surface area contributed by atoms with E-state index in [0.717, 1.165) is 31.2 Å². The molecule has 2 N–H and O–H groups in total. The molecule has 3 heterocycles. The van der Waals surface area contributed by atoms with Crippen molar-refractivity contribution in [2.45, 2.75) is 92.7 Å². The number of hydrogen-bond donors (Lipinski definition) is 2. The third-order valence-corrected chi connectivity index (χ3v) is 11.0. The van der Waals surface area contributed by atoms with Crippen LogP contribution in [0.5, 0.6) is 5.88 Å². The number of halogens is 1. The summed E-state index contributed by atoms with van der Waals surface area (Å²) in [5.74, 6) is 1.83. The third kappa shape index (κ3) is 9.39. The van der Waals surface area contributed by atoms with Crippen molar-refractivity contribution in [1.82, 2.24) is 29.7 Å². The van der Waals surface area contributed by atoms with Gasteiger partial charge in [-0.15, -0.1) is 5.10 Å². The Morgan fingerprint density at radius 3 is 2.47 bits per heavy atom. The van der Waals surface area contributed by atoms with Gasteiger partial charge in [-0.3, -0.25) is 9.52 Å². The van der Waals surface area contributed by atoms with E-state index in [1.165, 1.54) is 6.08 Å². The Bertz CT molecular complexity index is 1580. The molecule has 2 aromatic rings. The van der Waals surface area contributed by atoms with Crippen LogP contribution in [0, 0.1) is 22.7 Å². The highest BCUT2D eigenvalue weighted by Gasteiger charge is 2.64. The Balaban J connectivity index is 1.21. The van der Waals surface area contributed by atoms with E-state index >= 15 is 0 Å².